The number of amides is 1. The maximum atomic E-state index is 13.3. The molecule has 1 aliphatic carbocycles. The fraction of sp³-hybridized carbons (Fsp3) is 0.167. The normalized spacial score (nSPS) is 13.7. The summed E-state index contributed by atoms with van der Waals surface area (Å²) in [6.07, 6.45) is 2.03. The van der Waals surface area contributed by atoms with E-state index in [1.807, 2.05) is 30.3 Å². The van der Waals surface area contributed by atoms with Crippen LogP contribution in [0.15, 0.2) is 54.6 Å². The summed E-state index contributed by atoms with van der Waals surface area (Å²) in [5, 5.41) is 10.9. The summed E-state index contributed by atoms with van der Waals surface area (Å²) in [7, 11) is 0. The third kappa shape index (κ3) is 2.78. The van der Waals surface area contributed by atoms with Crippen molar-refractivity contribution in [3.63, 3.8) is 0 Å². The number of aromatic nitrogens is 3. The number of anilines is 1. The van der Waals surface area contributed by atoms with E-state index in [1.54, 1.807) is 16.8 Å². The molecule has 1 aliphatic rings. The molecule has 0 radical (unpaired) electrons. The smallest absolute Gasteiger partial charge is 0.278 e. The molecule has 2 aromatic carbocycles. The first-order valence-electron chi connectivity index (χ1n) is 7.80. The third-order valence-electron chi connectivity index (χ3n) is 3.97. The Kier molecular flexibility index (Phi) is 3.57. The Morgan fingerprint density at radius 3 is 2.62 bits per heavy atom. The molecular formula is C18H15FN4O. The Morgan fingerprint density at radius 2 is 1.92 bits per heavy atom. The van der Waals surface area contributed by atoms with Crippen molar-refractivity contribution in [1.82, 2.24) is 15.0 Å². The topological polar surface area (TPSA) is 59.8 Å². The first kappa shape index (κ1) is 14.6. The van der Waals surface area contributed by atoms with E-state index in [-0.39, 0.29) is 11.8 Å². The van der Waals surface area contributed by atoms with Gasteiger partial charge in [-0.2, -0.15) is 0 Å². The van der Waals surface area contributed by atoms with Crippen LogP contribution in [0.4, 0.5) is 10.1 Å². The van der Waals surface area contributed by atoms with Gasteiger partial charge in [0.1, 0.15) is 5.82 Å². The molecular weight excluding hydrogens is 307 g/mol. The second-order valence-electron chi connectivity index (χ2n) is 5.81. The van der Waals surface area contributed by atoms with Gasteiger partial charge >= 0.3 is 0 Å². The summed E-state index contributed by atoms with van der Waals surface area (Å²) in [5.41, 5.74) is 2.38. The molecule has 0 spiro atoms. The van der Waals surface area contributed by atoms with Gasteiger partial charge in [0.05, 0.1) is 11.4 Å². The molecule has 0 atom stereocenters. The molecule has 3 aromatic rings. The van der Waals surface area contributed by atoms with E-state index in [0.29, 0.717) is 11.4 Å². The van der Waals surface area contributed by atoms with Crippen LogP contribution in [0.25, 0.3) is 5.69 Å². The molecule has 0 aliphatic heterocycles. The van der Waals surface area contributed by atoms with E-state index in [2.05, 4.69) is 15.6 Å². The van der Waals surface area contributed by atoms with Crippen LogP contribution in [-0.4, -0.2) is 20.9 Å². The van der Waals surface area contributed by atoms with Crippen LogP contribution in [0.1, 0.15) is 34.9 Å². The molecule has 0 bridgehead atoms. The second-order valence-corrected chi connectivity index (χ2v) is 5.81. The lowest BCUT2D eigenvalue weighted by Crippen LogP contribution is -2.15. The average Bonchev–Trinajstić information content (AvgIpc) is 3.33. The van der Waals surface area contributed by atoms with Crippen LogP contribution in [0, 0.1) is 5.82 Å². The number of nitrogens with one attached hydrogen (secondary N) is 1. The first-order valence-corrected chi connectivity index (χ1v) is 7.80. The molecule has 1 saturated carbocycles. The van der Waals surface area contributed by atoms with Gasteiger partial charge in [-0.15, -0.1) is 5.10 Å². The van der Waals surface area contributed by atoms with Crippen molar-refractivity contribution in [1.29, 1.82) is 0 Å². The molecule has 120 valence electrons. The van der Waals surface area contributed by atoms with Crippen molar-refractivity contribution < 1.29 is 9.18 Å². The largest absolute Gasteiger partial charge is 0.320 e. The number of para-hydroxylation sites is 1. The zero-order valence-corrected chi connectivity index (χ0v) is 12.8. The van der Waals surface area contributed by atoms with Crippen LogP contribution >= 0.6 is 0 Å². The minimum absolute atomic E-state index is 0.286. The van der Waals surface area contributed by atoms with Crippen LogP contribution < -0.4 is 5.32 Å². The predicted octanol–water partition coefficient (Wildman–Crippen LogP) is 3.54. The van der Waals surface area contributed by atoms with Crippen molar-refractivity contribution >= 4 is 11.6 Å². The molecule has 6 heteroatoms. The standard InChI is InChI=1S/C18H15FN4O/c19-13-5-4-6-14(11-13)20-18(24)16-17(12-9-10-12)23(22-21-16)15-7-2-1-3-8-15/h1-8,11-12H,9-10H2,(H,20,24). The Hall–Kier alpha value is -3.02. The Morgan fingerprint density at radius 1 is 1.12 bits per heavy atom. The SMILES string of the molecule is O=C(Nc1cccc(F)c1)c1nnn(-c2ccccc2)c1C1CC1. The van der Waals surface area contributed by atoms with E-state index in [9.17, 15) is 9.18 Å². The zero-order valence-electron chi connectivity index (χ0n) is 12.8. The van der Waals surface area contributed by atoms with Gasteiger partial charge in [-0.25, -0.2) is 9.07 Å². The van der Waals surface area contributed by atoms with Crippen LogP contribution in [0.5, 0.6) is 0 Å². The van der Waals surface area contributed by atoms with Crippen molar-refractivity contribution in [3.8, 4) is 5.69 Å². The summed E-state index contributed by atoms with van der Waals surface area (Å²) < 4.78 is 15.0. The van der Waals surface area contributed by atoms with E-state index < -0.39 is 5.82 Å². The highest BCUT2D eigenvalue weighted by molar-refractivity contribution is 6.03. The number of carbonyl (C=O) groups is 1. The maximum absolute atomic E-state index is 13.3. The number of hydrogen-bond donors (Lipinski definition) is 1. The Balaban J connectivity index is 1.68. The summed E-state index contributed by atoms with van der Waals surface area (Å²) in [4.78, 5) is 12.6. The number of hydrogen-bond acceptors (Lipinski definition) is 3. The fourth-order valence-corrected chi connectivity index (χ4v) is 2.69. The summed E-state index contributed by atoms with van der Waals surface area (Å²) >= 11 is 0. The number of benzene rings is 2. The molecule has 1 aromatic heterocycles. The number of nitrogens with zero attached hydrogens (tertiary/aromatic N) is 3. The molecule has 1 heterocycles. The summed E-state index contributed by atoms with van der Waals surface area (Å²) in [6.45, 7) is 0. The van der Waals surface area contributed by atoms with Crippen molar-refractivity contribution in [2.24, 2.45) is 0 Å². The highest BCUT2D eigenvalue weighted by atomic mass is 19.1. The van der Waals surface area contributed by atoms with E-state index in [1.165, 1.54) is 12.1 Å². The van der Waals surface area contributed by atoms with Gasteiger partial charge < -0.3 is 5.32 Å². The summed E-state index contributed by atoms with van der Waals surface area (Å²) in [6, 6.07) is 15.4. The molecule has 24 heavy (non-hydrogen) atoms. The van der Waals surface area contributed by atoms with Crippen molar-refractivity contribution in [3.05, 3.63) is 71.8 Å². The highest BCUT2D eigenvalue weighted by Crippen LogP contribution is 2.42. The van der Waals surface area contributed by atoms with Gasteiger partial charge in [0.2, 0.25) is 0 Å². The van der Waals surface area contributed by atoms with Gasteiger partial charge in [0.15, 0.2) is 5.69 Å². The van der Waals surface area contributed by atoms with Crippen LogP contribution in [-0.2, 0) is 0 Å². The molecule has 5 nitrogen and oxygen atoms in total. The molecule has 1 N–H and O–H groups in total. The summed E-state index contributed by atoms with van der Waals surface area (Å²) in [5.74, 6) is -0.485. The monoisotopic (exact) mass is 322 g/mol. The molecule has 0 unspecified atom stereocenters. The van der Waals surface area contributed by atoms with Crippen LogP contribution in [0.2, 0.25) is 0 Å². The second kappa shape index (κ2) is 5.88. The molecule has 4 rings (SSSR count). The lowest BCUT2D eigenvalue weighted by atomic mass is 10.2. The van der Waals surface area contributed by atoms with Gasteiger partial charge in [0.25, 0.3) is 5.91 Å². The van der Waals surface area contributed by atoms with Crippen molar-refractivity contribution in [2.75, 3.05) is 5.32 Å². The van der Waals surface area contributed by atoms with Gasteiger partial charge in [0, 0.05) is 11.6 Å². The maximum Gasteiger partial charge on any atom is 0.278 e. The van der Waals surface area contributed by atoms with E-state index in [0.717, 1.165) is 24.2 Å². The Bertz CT molecular complexity index is 887. The van der Waals surface area contributed by atoms with Gasteiger partial charge in [-0.3, -0.25) is 4.79 Å². The van der Waals surface area contributed by atoms with Gasteiger partial charge in [-0.1, -0.05) is 29.5 Å². The average molecular weight is 322 g/mol. The lowest BCUT2D eigenvalue weighted by Gasteiger charge is -2.07. The van der Waals surface area contributed by atoms with E-state index in [4.69, 9.17) is 0 Å². The highest BCUT2D eigenvalue weighted by Gasteiger charge is 2.34. The number of halogens is 1. The first-order chi connectivity index (χ1) is 11.7. The van der Waals surface area contributed by atoms with Crippen molar-refractivity contribution in [2.45, 2.75) is 18.8 Å². The lowest BCUT2D eigenvalue weighted by molar-refractivity contribution is 0.102. The van der Waals surface area contributed by atoms with Crippen LogP contribution in [0.3, 0.4) is 0 Å². The number of carbonyl (C=O) groups excluding carboxylic acids is 1. The molecule has 1 amide bonds. The molecule has 1 fully saturated rings. The Labute approximate surface area is 138 Å². The van der Waals surface area contributed by atoms with Gasteiger partial charge in [-0.05, 0) is 43.2 Å². The number of rotatable bonds is 4. The van der Waals surface area contributed by atoms with E-state index >= 15 is 0 Å². The third-order valence-corrected chi connectivity index (χ3v) is 3.97. The zero-order chi connectivity index (χ0) is 16.5. The minimum atomic E-state index is -0.400. The quantitative estimate of drug-likeness (QED) is 0.799. The minimum Gasteiger partial charge on any atom is -0.320 e. The fourth-order valence-electron chi connectivity index (χ4n) is 2.69. The predicted molar refractivity (Wildman–Crippen MR) is 87.7 cm³/mol. The molecule has 0 saturated heterocycles.